The lowest BCUT2D eigenvalue weighted by molar-refractivity contribution is -0.180. The molecule has 0 aromatic heterocycles. The highest BCUT2D eigenvalue weighted by atomic mass is 79.9. The number of ketones is 1. The molecule has 0 unspecified atom stereocenters. The average molecular weight is 709 g/mol. The van der Waals surface area contributed by atoms with Crippen LogP contribution in [0.5, 0.6) is 5.75 Å². The number of allylic oxidation sites excluding steroid dienone is 2. The maximum absolute atomic E-state index is 13.4. The van der Waals surface area contributed by atoms with Gasteiger partial charge in [-0.05, 0) is 72.2 Å². The summed E-state index contributed by atoms with van der Waals surface area (Å²) in [7, 11) is 1.59. The minimum atomic E-state index is -1.14. The summed E-state index contributed by atoms with van der Waals surface area (Å²) in [5, 5.41) is 17.0. The Bertz CT molecular complexity index is 1570. The van der Waals surface area contributed by atoms with Crippen LogP contribution in [0.25, 0.3) is 0 Å². The van der Waals surface area contributed by atoms with Crippen LogP contribution in [0.15, 0.2) is 70.7 Å². The van der Waals surface area contributed by atoms with Gasteiger partial charge in [0.05, 0.1) is 19.1 Å². The van der Waals surface area contributed by atoms with E-state index >= 15 is 0 Å². The number of unbranched alkanes of at least 4 members (excludes halogenated alkanes) is 1. The van der Waals surface area contributed by atoms with Crippen LogP contribution < -0.4 is 20.7 Å². The van der Waals surface area contributed by atoms with E-state index in [0.29, 0.717) is 29.9 Å². The third kappa shape index (κ3) is 7.52. The topological polar surface area (TPSA) is 143 Å². The molecule has 0 spiro atoms. The third-order valence-corrected chi connectivity index (χ3v) is 10.2. The molecule has 4 N–H and O–H groups in total. The molecule has 250 valence electrons. The fourth-order valence-electron chi connectivity index (χ4n) is 7.18. The Labute approximate surface area is 283 Å². The zero-order valence-electron chi connectivity index (χ0n) is 26.7. The van der Waals surface area contributed by atoms with E-state index < -0.39 is 5.79 Å². The number of hydrogen-bond acceptors (Lipinski definition) is 7. The number of ether oxygens (including phenoxy) is 2. The Balaban J connectivity index is 1.35. The Morgan fingerprint density at radius 2 is 1.87 bits per heavy atom. The van der Waals surface area contributed by atoms with Gasteiger partial charge in [-0.1, -0.05) is 60.0 Å². The number of amides is 3. The number of aliphatic hydroxyl groups excluding tert-OH is 1. The maximum Gasteiger partial charge on any atom is 0.251 e. The van der Waals surface area contributed by atoms with Crippen LogP contribution in [0.4, 0.5) is 0 Å². The predicted octanol–water partition coefficient (Wildman–Crippen LogP) is 4.32. The normalized spacial score (nSPS) is 23.9. The summed E-state index contributed by atoms with van der Waals surface area (Å²) >= 11 is 3.54. The fraction of sp³-hybridized carbons (Fsp3) is 0.444. The standard InChI is InChI=1S/C36H42BrN3O7/c1-3-25-22(8-5-7-11-31(43)39-21-32(44)38-16-17-41)18-26-29(42)14-15-36(46-2)34(26)33(25)27-19-23(12-13-30(27)47-36)35(45)40-20-24-9-4-6-10-28(24)37/h4,6,9-10,12-15,18-19,22,25,33-34,41H,3,5,7-8,11,16-17,20-21H2,1-2H3,(H,38,44)(H,39,43)(H,40,45)/t22-,25+,33+,34+,36+/m0/s1. The molecule has 0 saturated carbocycles. The van der Waals surface area contributed by atoms with Crippen LogP contribution in [0.3, 0.4) is 0 Å². The predicted molar refractivity (Wildman–Crippen MR) is 179 cm³/mol. The Kier molecular flexibility index (Phi) is 11.3. The second kappa shape index (κ2) is 15.4. The van der Waals surface area contributed by atoms with Crippen LogP contribution in [0.1, 0.15) is 66.4 Å². The van der Waals surface area contributed by atoms with E-state index in [9.17, 15) is 19.2 Å². The molecule has 3 aliphatic rings. The maximum atomic E-state index is 13.4. The first-order chi connectivity index (χ1) is 22.7. The Hall–Kier alpha value is -3.80. The van der Waals surface area contributed by atoms with Gasteiger partial charge in [0, 0.05) is 48.1 Å². The number of halogens is 1. The molecule has 0 radical (unpaired) electrons. The quantitative estimate of drug-likeness (QED) is 0.214. The Morgan fingerprint density at radius 3 is 2.62 bits per heavy atom. The molecule has 5 rings (SSSR count). The molecular formula is C36H42BrN3O7. The van der Waals surface area contributed by atoms with Crippen LogP contribution in [-0.4, -0.2) is 61.2 Å². The number of benzene rings is 2. The zero-order chi connectivity index (χ0) is 33.6. The van der Waals surface area contributed by atoms with Gasteiger partial charge in [0.2, 0.25) is 17.6 Å². The summed E-state index contributed by atoms with van der Waals surface area (Å²) < 4.78 is 13.5. The first-order valence-electron chi connectivity index (χ1n) is 16.2. The molecule has 10 nitrogen and oxygen atoms in total. The second-order valence-corrected chi connectivity index (χ2v) is 13.1. The highest BCUT2D eigenvalue weighted by molar-refractivity contribution is 9.10. The monoisotopic (exact) mass is 707 g/mol. The summed E-state index contributed by atoms with van der Waals surface area (Å²) in [5.41, 5.74) is 3.03. The van der Waals surface area contributed by atoms with E-state index in [0.717, 1.165) is 34.9 Å². The van der Waals surface area contributed by atoms with Crippen LogP contribution >= 0.6 is 15.9 Å². The molecular weight excluding hydrogens is 666 g/mol. The zero-order valence-corrected chi connectivity index (χ0v) is 28.3. The number of methoxy groups -OCH3 is 1. The molecule has 11 heteroatoms. The molecule has 1 aliphatic heterocycles. The average Bonchev–Trinajstić information content (AvgIpc) is 3.08. The van der Waals surface area contributed by atoms with Crippen molar-refractivity contribution in [1.29, 1.82) is 0 Å². The van der Waals surface area contributed by atoms with Crippen molar-refractivity contribution in [3.63, 3.8) is 0 Å². The lowest BCUT2D eigenvalue weighted by Crippen LogP contribution is -2.56. The van der Waals surface area contributed by atoms with E-state index in [2.05, 4.69) is 44.9 Å². The third-order valence-electron chi connectivity index (χ3n) is 9.44. The van der Waals surface area contributed by atoms with Gasteiger partial charge >= 0.3 is 0 Å². The summed E-state index contributed by atoms with van der Waals surface area (Å²) in [6.07, 6.45) is 8.61. The van der Waals surface area contributed by atoms with Gasteiger partial charge in [0.25, 0.3) is 5.91 Å². The lowest BCUT2D eigenvalue weighted by Gasteiger charge is -2.53. The number of fused-ring (bicyclic) bond motifs is 2. The van der Waals surface area contributed by atoms with Crippen LogP contribution in [-0.2, 0) is 25.7 Å². The van der Waals surface area contributed by atoms with Gasteiger partial charge in [0.15, 0.2) is 5.78 Å². The van der Waals surface area contributed by atoms with Crippen LogP contribution in [0.2, 0.25) is 0 Å². The number of hydrogen-bond donors (Lipinski definition) is 4. The van der Waals surface area contributed by atoms with E-state index in [4.69, 9.17) is 14.6 Å². The van der Waals surface area contributed by atoms with Crippen molar-refractivity contribution >= 4 is 39.4 Å². The van der Waals surface area contributed by atoms with Gasteiger partial charge < -0.3 is 30.5 Å². The SMILES string of the molecule is CC[C@H]1[C@@H]2c3cc(C(=O)NCc4ccccc4Br)ccc3O[C@]3(OC)C=CC(=O)C(=C[C@@H]1CCCCC(=O)NCC(=O)NCCO)[C@H]23. The largest absolute Gasteiger partial charge is 0.458 e. The molecule has 0 bridgehead atoms. The molecule has 2 aromatic rings. The minimum absolute atomic E-state index is 0.0624. The molecule has 0 fully saturated rings. The smallest absolute Gasteiger partial charge is 0.251 e. The first-order valence-corrected chi connectivity index (χ1v) is 17.0. The molecule has 0 saturated heterocycles. The van der Waals surface area contributed by atoms with Crippen molar-refractivity contribution in [3.8, 4) is 5.75 Å². The number of aliphatic hydroxyl groups is 1. The van der Waals surface area contributed by atoms with E-state index in [1.54, 1.807) is 19.3 Å². The number of nitrogens with one attached hydrogen (secondary N) is 3. The van der Waals surface area contributed by atoms with Crippen molar-refractivity contribution in [2.45, 2.75) is 57.3 Å². The molecule has 1 heterocycles. The second-order valence-electron chi connectivity index (χ2n) is 12.2. The van der Waals surface area contributed by atoms with Crippen molar-refractivity contribution in [3.05, 3.63) is 87.4 Å². The van der Waals surface area contributed by atoms with Crippen molar-refractivity contribution in [2.24, 2.45) is 17.8 Å². The summed E-state index contributed by atoms with van der Waals surface area (Å²) in [4.78, 5) is 50.8. The van der Waals surface area contributed by atoms with Crippen molar-refractivity contribution in [2.75, 3.05) is 26.8 Å². The highest BCUT2D eigenvalue weighted by Gasteiger charge is 2.58. The molecule has 5 atom stereocenters. The van der Waals surface area contributed by atoms with E-state index in [1.165, 1.54) is 6.08 Å². The van der Waals surface area contributed by atoms with Gasteiger partial charge in [0.1, 0.15) is 5.75 Å². The van der Waals surface area contributed by atoms with Gasteiger partial charge in [-0.2, -0.15) is 0 Å². The highest BCUT2D eigenvalue weighted by Crippen LogP contribution is 2.59. The molecule has 3 amide bonds. The van der Waals surface area contributed by atoms with Gasteiger partial charge in [-0.25, -0.2) is 0 Å². The first kappa shape index (κ1) is 34.5. The lowest BCUT2D eigenvalue weighted by atomic mass is 9.57. The van der Waals surface area contributed by atoms with E-state index in [1.807, 2.05) is 36.4 Å². The van der Waals surface area contributed by atoms with Crippen molar-refractivity contribution in [1.82, 2.24) is 16.0 Å². The number of rotatable bonds is 14. The summed E-state index contributed by atoms with van der Waals surface area (Å²) in [5.74, 6) is -1.66. The van der Waals surface area contributed by atoms with Gasteiger partial charge in [-0.15, -0.1) is 0 Å². The van der Waals surface area contributed by atoms with Crippen LogP contribution in [0, 0.1) is 17.8 Å². The fourth-order valence-corrected chi connectivity index (χ4v) is 7.61. The number of carbonyl (C=O) groups is 4. The van der Waals surface area contributed by atoms with Gasteiger partial charge in [-0.3, -0.25) is 19.2 Å². The van der Waals surface area contributed by atoms with E-state index in [-0.39, 0.29) is 73.3 Å². The minimum Gasteiger partial charge on any atom is -0.458 e. The summed E-state index contributed by atoms with van der Waals surface area (Å²) in [6.45, 7) is 2.37. The summed E-state index contributed by atoms with van der Waals surface area (Å²) in [6, 6.07) is 13.2. The Morgan fingerprint density at radius 1 is 1.06 bits per heavy atom. The van der Waals surface area contributed by atoms with Crippen molar-refractivity contribution < 1.29 is 33.8 Å². The molecule has 2 aromatic carbocycles. The number of carbonyl (C=O) groups excluding carboxylic acids is 4. The molecule has 2 aliphatic carbocycles. The molecule has 47 heavy (non-hydrogen) atoms.